The molecule has 0 radical (unpaired) electrons. The van der Waals surface area contributed by atoms with Crippen molar-refractivity contribution in [2.75, 3.05) is 0 Å². The molecule has 0 aromatic rings. The van der Waals surface area contributed by atoms with E-state index in [2.05, 4.69) is 11.3 Å². The van der Waals surface area contributed by atoms with Gasteiger partial charge in [0.2, 0.25) is 0 Å². The normalized spacial score (nSPS) is 13.7. The highest BCUT2D eigenvalue weighted by Crippen LogP contribution is 2.49. The van der Waals surface area contributed by atoms with Gasteiger partial charge in [0.1, 0.15) is 0 Å². The number of carbonyl (C=O) groups excluding carboxylic acids is 1. The molecule has 0 amide bonds. The first-order valence-electron chi connectivity index (χ1n) is 4.07. The van der Waals surface area contributed by atoms with Crippen LogP contribution < -0.4 is 0 Å². The highest BCUT2D eigenvalue weighted by Gasteiger charge is 2.78. The van der Waals surface area contributed by atoms with E-state index in [9.17, 15) is 39.9 Å². The Morgan fingerprint density at radius 3 is 1.78 bits per heavy atom. The van der Waals surface area contributed by atoms with Gasteiger partial charge in [-0.2, -0.15) is 26.3 Å². The third kappa shape index (κ3) is 2.72. The summed E-state index contributed by atoms with van der Waals surface area (Å²) >= 11 is 0. The minimum Gasteiger partial charge on any atom is -0.393 e. The average Bonchev–Trinajstić information content (AvgIpc) is 2.15. The van der Waals surface area contributed by atoms with Gasteiger partial charge in [0.25, 0.3) is 0 Å². The second-order valence-corrected chi connectivity index (χ2v) is 3.18. The molecular formula is C8H6F8O2. The Kier molecular flexibility index (Phi) is 4.37. The Balaban J connectivity index is 5.32. The lowest BCUT2D eigenvalue weighted by Crippen LogP contribution is -2.59. The van der Waals surface area contributed by atoms with Crippen LogP contribution in [0, 0.1) is 0 Å². The molecule has 0 saturated carbocycles. The van der Waals surface area contributed by atoms with Crippen LogP contribution in [-0.4, -0.2) is 30.3 Å². The molecular weight excluding hydrogens is 280 g/mol. The van der Waals surface area contributed by atoms with Crippen molar-refractivity contribution in [2.24, 2.45) is 0 Å². The Morgan fingerprint density at radius 1 is 1.11 bits per heavy atom. The van der Waals surface area contributed by atoms with Crippen molar-refractivity contribution in [1.29, 1.82) is 0 Å². The van der Waals surface area contributed by atoms with E-state index >= 15 is 0 Å². The fourth-order valence-electron chi connectivity index (χ4n) is 0.599. The van der Waals surface area contributed by atoms with E-state index in [1.54, 1.807) is 0 Å². The molecule has 0 N–H and O–H groups in total. The summed E-state index contributed by atoms with van der Waals surface area (Å²) in [5, 5.41) is 0. The van der Waals surface area contributed by atoms with Gasteiger partial charge in [0.05, 0.1) is 0 Å². The van der Waals surface area contributed by atoms with Crippen LogP contribution in [0.15, 0.2) is 12.2 Å². The maximum absolute atomic E-state index is 12.6. The molecule has 0 aliphatic rings. The van der Waals surface area contributed by atoms with Crippen molar-refractivity contribution >= 4 is 5.97 Å². The summed E-state index contributed by atoms with van der Waals surface area (Å²) < 4.78 is 101. The van der Waals surface area contributed by atoms with Gasteiger partial charge >= 0.3 is 30.3 Å². The predicted molar refractivity (Wildman–Crippen MR) is 41.8 cm³/mol. The topological polar surface area (TPSA) is 26.3 Å². The minimum absolute atomic E-state index is 0.766. The third-order valence-electron chi connectivity index (χ3n) is 1.63. The molecule has 10 heteroatoms. The smallest absolute Gasteiger partial charge is 0.393 e. The van der Waals surface area contributed by atoms with Crippen LogP contribution in [0.4, 0.5) is 35.1 Å². The first kappa shape index (κ1) is 16.6. The summed E-state index contributed by atoms with van der Waals surface area (Å²) in [7, 11) is 0. The van der Waals surface area contributed by atoms with E-state index in [4.69, 9.17) is 0 Å². The molecule has 106 valence electrons. The van der Waals surface area contributed by atoms with Gasteiger partial charge in [-0.3, -0.25) is 0 Å². The highest BCUT2D eigenvalue weighted by atomic mass is 19.4. The van der Waals surface area contributed by atoms with Gasteiger partial charge in [-0.25, -0.2) is 13.6 Å². The van der Waals surface area contributed by atoms with Crippen molar-refractivity contribution < 1.29 is 44.7 Å². The van der Waals surface area contributed by atoms with Gasteiger partial charge in [-0.1, -0.05) is 6.58 Å². The molecule has 0 aliphatic carbocycles. The molecule has 0 bridgehead atoms. The fraction of sp³-hybridized carbons (Fsp3) is 0.625. The summed E-state index contributed by atoms with van der Waals surface area (Å²) in [6, 6.07) is 0. The largest absolute Gasteiger partial charge is 0.473 e. The van der Waals surface area contributed by atoms with Crippen LogP contribution >= 0.6 is 0 Å². The van der Waals surface area contributed by atoms with Gasteiger partial charge < -0.3 is 4.74 Å². The lowest BCUT2D eigenvalue weighted by atomic mass is 10.1. The van der Waals surface area contributed by atoms with Crippen LogP contribution in [-0.2, 0) is 9.53 Å². The summed E-state index contributed by atoms with van der Waals surface area (Å²) in [5.74, 6) is -15.1. The zero-order valence-electron chi connectivity index (χ0n) is 8.62. The zero-order chi connectivity index (χ0) is 14.9. The first-order valence-corrected chi connectivity index (χ1v) is 4.07. The number of esters is 1. The predicted octanol–water partition coefficient (Wildman–Crippen LogP) is 3.23. The van der Waals surface area contributed by atoms with Gasteiger partial charge in [-0.05, 0) is 6.92 Å². The second kappa shape index (κ2) is 4.73. The molecule has 0 unspecified atom stereocenters. The number of hydrogen-bond donors (Lipinski definition) is 0. The number of carbonyl (C=O) groups is 1. The summed E-state index contributed by atoms with van der Waals surface area (Å²) in [6.45, 7) is 3.50. The second-order valence-electron chi connectivity index (χ2n) is 3.18. The molecule has 0 aromatic heterocycles. The summed E-state index contributed by atoms with van der Waals surface area (Å²) in [5.41, 5.74) is -0.800. The van der Waals surface area contributed by atoms with E-state index < -0.39 is 35.9 Å². The summed E-state index contributed by atoms with van der Waals surface area (Å²) in [4.78, 5) is 10.5. The lowest BCUT2D eigenvalue weighted by molar-refractivity contribution is -0.399. The van der Waals surface area contributed by atoms with Crippen LogP contribution in [0.3, 0.4) is 0 Å². The zero-order valence-corrected chi connectivity index (χ0v) is 8.62. The molecule has 0 rings (SSSR count). The van der Waals surface area contributed by atoms with Crippen molar-refractivity contribution in [3.63, 3.8) is 0 Å². The van der Waals surface area contributed by atoms with Crippen LogP contribution in [0.5, 0.6) is 0 Å². The summed E-state index contributed by atoms with van der Waals surface area (Å²) in [6.07, 6.45) is -11.2. The Labute approximate surface area is 95.2 Å². The maximum Gasteiger partial charge on any atom is 0.473 e. The van der Waals surface area contributed by atoms with Crippen LogP contribution in [0.1, 0.15) is 6.92 Å². The van der Waals surface area contributed by atoms with Crippen LogP contribution in [0.2, 0.25) is 0 Å². The van der Waals surface area contributed by atoms with E-state index in [1.165, 1.54) is 0 Å². The molecule has 0 saturated heterocycles. The average molecular weight is 286 g/mol. The number of rotatable bonds is 5. The van der Waals surface area contributed by atoms with Gasteiger partial charge in [-0.15, -0.1) is 0 Å². The number of ether oxygens (including phenoxy) is 1. The molecule has 0 heterocycles. The van der Waals surface area contributed by atoms with Gasteiger partial charge in [0.15, 0.2) is 0 Å². The molecule has 0 spiro atoms. The van der Waals surface area contributed by atoms with E-state index in [1.807, 2.05) is 0 Å². The van der Waals surface area contributed by atoms with E-state index in [0.717, 1.165) is 6.92 Å². The Bertz CT molecular complexity index is 349. The minimum atomic E-state index is -6.57. The van der Waals surface area contributed by atoms with E-state index in [-0.39, 0.29) is 0 Å². The molecule has 0 atom stereocenters. The van der Waals surface area contributed by atoms with Crippen molar-refractivity contribution in [3.8, 4) is 0 Å². The number of hydrogen-bond acceptors (Lipinski definition) is 2. The van der Waals surface area contributed by atoms with Gasteiger partial charge in [0, 0.05) is 5.57 Å². The lowest BCUT2D eigenvalue weighted by Gasteiger charge is -2.30. The number of alkyl halides is 8. The molecule has 2 nitrogen and oxygen atoms in total. The molecule has 18 heavy (non-hydrogen) atoms. The van der Waals surface area contributed by atoms with Crippen molar-refractivity contribution in [1.82, 2.24) is 0 Å². The SMILES string of the molecule is C=C(C)C(=O)OC(F)(F)C(F)(F)C(F)(F)C(F)F. The first-order chi connectivity index (χ1) is 7.77. The third-order valence-corrected chi connectivity index (χ3v) is 1.63. The van der Waals surface area contributed by atoms with Crippen molar-refractivity contribution in [3.05, 3.63) is 12.2 Å². The molecule has 0 aliphatic heterocycles. The quantitative estimate of drug-likeness (QED) is 0.440. The Morgan fingerprint density at radius 2 is 1.50 bits per heavy atom. The van der Waals surface area contributed by atoms with E-state index in [0.29, 0.717) is 0 Å². The number of halogens is 8. The molecule has 0 aromatic carbocycles. The standard InChI is InChI=1S/C8H6F8O2/c1-3(2)4(17)18-8(15,16)7(13,14)6(11,12)5(9)10/h5H,1H2,2H3. The van der Waals surface area contributed by atoms with Crippen molar-refractivity contribution in [2.45, 2.75) is 31.3 Å². The monoisotopic (exact) mass is 286 g/mol. The Hall–Kier alpha value is -1.35. The highest BCUT2D eigenvalue weighted by molar-refractivity contribution is 5.87. The fourth-order valence-corrected chi connectivity index (χ4v) is 0.599. The molecule has 0 fully saturated rings. The maximum atomic E-state index is 12.6. The van der Waals surface area contributed by atoms with Crippen LogP contribution in [0.25, 0.3) is 0 Å².